The summed E-state index contributed by atoms with van der Waals surface area (Å²) in [4.78, 5) is 14.2. The summed E-state index contributed by atoms with van der Waals surface area (Å²) in [6.07, 6.45) is 0.402. The van der Waals surface area contributed by atoms with Crippen LogP contribution in [0, 0.1) is 0 Å². The second-order valence-corrected chi connectivity index (χ2v) is 5.85. The molecule has 0 unspecified atom stereocenters. The van der Waals surface area contributed by atoms with E-state index in [1.807, 2.05) is 6.26 Å². The molecule has 2 aromatic heterocycles. The maximum Gasteiger partial charge on any atom is 0.416 e. The van der Waals surface area contributed by atoms with Gasteiger partial charge in [-0.15, -0.1) is 0 Å². The number of hydrogen-bond donors (Lipinski definition) is 1. The topological polar surface area (TPSA) is 53.9 Å². The summed E-state index contributed by atoms with van der Waals surface area (Å²) < 4.78 is 38.1. The maximum atomic E-state index is 12.7. The Morgan fingerprint density at radius 3 is 2.65 bits per heavy atom. The Bertz CT molecular complexity index is 688. The Hall–Kier alpha value is -2.03. The third-order valence-electron chi connectivity index (χ3n) is 3.45. The summed E-state index contributed by atoms with van der Waals surface area (Å²) in [5.41, 5.74) is -0.681. The van der Waals surface area contributed by atoms with Crippen molar-refractivity contribution in [3.8, 4) is 0 Å². The number of halogens is 3. The summed E-state index contributed by atoms with van der Waals surface area (Å²) >= 11 is 1.45. The molecule has 1 fully saturated rings. The maximum absolute atomic E-state index is 12.7. The van der Waals surface area contributed by atoms with Gasteiger partial charge < -0.3 is 10.2 Å². The molecule has 0 saturated carbocycles. The second kappa shape index (κ2) is 6.23. The van der Waals surface area contributed by atoms with Crippen LogP contribution in [-0.4, -0.2) is 40.3 Å². The first-order valence-corrected chi connectivity index (χ1v) is 8.10. The number of pyridine rings is 1. The molecule has 2 aromatic rings. The van der Waals surface area contributed by atoms with Gasteiger partial charge in [0.05, 0.1) is 11.6 Å². The molecule has 0 atom stereocenters. The highest BCUT2D eigenvalue weighted by Crippen LogP contribution is 2.31. The monoisotopic (exact) mass is 341 g/mol. The lowest BCUT2D eigenvalue weighted by molar-refractivity contribution is -0.137. The van der Waals surface area contributed by atoms with E-state index in [0.29, 0.717) is 29.9 Å². The van der Waals surface area contributed by atoms with E-state index < -0.39 is 11.7 Å². The third-order valence-corrected chi connectivity index (χ3v) is 4.01. The van der Waals surface area contributed by atoms with Crippen LogP contribution in [0.1, 0.15) is 5.56 Å². The smallest absolute Gasteiger partial charge is 0.364 e. The van der Waals surface area contributed by atoms with Gasteiger partial charge in [-0.25, -0.2) is 15.0 Å². The van der Waals surface area contributed by atoms with Crippen molar-refractivity contribution in [3.63, 3.8) is 0 Å². The van der Waals surface area contributed by atoms with Crippen LogP contribution in [-0.2, 0) is 6.18 Å². The Kier molecular flexibility index (Phi) is 4.29. The zero-order valence-corrected chi connectivity index (χ0v) is 13.0. The van der Waals surface area contributed by atoms with Gasteiger partial charge in [0.2, 0.25) is 0 Å². The molecule has 3 heterocycles. The van der Waals surface area contributed by atoms with Crippen LogP contribution in [0.4, 0.5) is 24.8 Å². The quantitative estimate of drug-likeness (QED) is 0.682. The minimum atomic E-state index is -4.35. The molecule has 0 aliphatic carbocycles. The number of nitrogens with zero attached hydrogens (tertiary/aromatic N) is 4. The van der Waals surface area contributed by atoms with Crippen LogP contribution in [0.25, 0.3) is 0 Å². The van der Waals surface area contributed by atoms with Crippen LogP contribution in [0.15, 0.2) is 35.7 Å². The van der Waals surface area contributed by atoms with Crippen molar-refractivity contribution in [2.75, 3.05) is 29.6 Å². The van der Waals surface area contributed by atoms with E-state index in [1.54, 1.807) is 17.2 Å². The molecule has 5 nitrogen and oxygen atoms in total. The Balaban J connectivity index is 1.61. The van der Waals surface area contributed by atoms with Crippen LogP contribution < -0.4 is 10.2 Å². The highest BCUT2D eigenvalue weighted by atomic mass is 32.2. The van der Waals surface area contributed by atoms with Gasteiger partial charge in [0.25, 0.3) is 0 Å². The van der Waals surface area contributed by atoms with Crippen LogP contribution in [0.5, 0.6) is 0 Å². The minimum Gasteiger partial charge on any atom is -0.364 e. The van der Waals surface area contributed by atoms with Crippen LogP contribution in [0.2, 0.25) is 0 Å². The molecular weight excluding hydrogens is 327 g/mol. The number of rotatable bonds is 4. The SMILES string of the molecule is CSc1nccc(NC2CN(c3cc(C(F)(F)F)ccn3)C2)n1. The highest BCUT2D eigenvalue weighted by molar-refractivity contribution is 7.98. The lowest BCUT2D eigenvalue weighted by Crippen LogP contribution is -2.55. The summed E-state index contributed by atoms with van der Waals surface area (Å²) in [7, 11) is 0. The van der Waals surface area contributed by atoms with Crippen molar-refractivity contribution < 1.29 is 13.2 Å². The highest BCUT2D eigenvalue weighted by Gasteiger charge is 2.33. The van der Waals surface area contributed by atoms with Gasteiger partial charge in [0.1, 0.15) is 11.6 Å². The first-order chi connectivity index (χ1) is 11.0. The fourth-order valence-corrected chi connectivity index (χ4v) is 2.61. The lowest BCUT2D eigenvalue weighted by atomic mass is 10.1. The van der Waals surface area contributed by atoms with Crippen molar-refractivity contribution in [2.24, 2.45) is 0 Å². The third kappa shape index (κ3) is 3.66. The Morgan fingerprint density at radius 1 is 1.22 bits per heavy atom. The number of alkyl halides is 3. The molecule has 3 rings (SSSR count). The standard InChI is InChI=1S/C14H14F3N5S/c1-23-13-19-5-3-11(21-13)20-10-7-22(8-10)12-6-9(2-4-18-12)14(15,16)17/h2-6,10H,7-8H2,1H3,(H,19,20,21). The Morgan fingerprint density at radius 2 is 1.96 bits per heavy atom. The van der Waals surface area contributed by atoms with E-state index in [-0.39, 0.29) is 6.04 Å². The fraction of sp³-hybridized carbons (Fsp3) is 0.357. The van der Waals surface area contributed by atoms with Crippen molar-refractivity contribution in [2.45, 2.75) is 17.4 Å². The van der Waals surface area contributed by atoms with Crippen LogP contribution >= 0.6 is 11.8 Å². The summed E-state index contributed by atoms with van der Waals surface area (Å²) in [5, 5.41) is 3.91. The number of aromatic nitrogens is 3. The van der Waals surface area contributed by atoms with Crippen molar-refractivity contribution in [1.82, 2.24) is 15.0 Å². The molecular formula is C14H14F3N5S. The number of nitrogens with one attached hydrogen (secondary N) is 1. The number of thioether (sulfide) groups is 1. The van der Waals surface area contributed by atoms with E-state index >= 15 is 0 Å². The van der Waals surface area contributed by atoms with Gasteiger partial charge in [-0.1, -0.05) is 11.8 Å². The van der Waals surface area contributed by atoms with Gasteiger partial charge >= 0.3 is 6.18 Å². The molecule has 1 saturated heterocycles. The first kappa shape index (κ1) is 15.9. The molecule has 0 bridgehead atoms. The predicted octanol–water partition coefficient (Wildman–Crippen LogP) is 2.91. The summed E-state index contributed by atoms with van der Waals surface area (Å²) in [5.74, 6) is 1.05. The molecule has 0 spiro atoms. The van der Waals surface area contributed by atoms with Gasteiger partial charge in [0.15, 0.2) is 5.16 Å². The van der Waals surface area contributed by atoms with Crippen molar-refractivity contribution in [1.29, 1.82) is 0 Å². The predicted molar refractivity (Wildman–Crippen MR) is 82.7 cm³/mol. The largest absolute Gasteiger partial charge is 0.416 e. The van der Waals surface area contributed by atoms with Gasteiger partial charge in [0, 0.05) is 25.5 Å². The van der Waals surface area contributed by atoms with Gasteiger partial charge in [-0.05, 0) is 24.5 Å². The molecule has 1 N–H and O–H groups in total. The zero-order chi connectivity index (χ0) is 16.4. The van der Waals surface area contributed by atoms with Gasteiger partial charge in [-0.3, -0.25) is 0 Å². The molecule has 0 radical (unpaired) electrons. The van der Waals surface area contributed by atoms with Gasteiger partial charge in [-0.2, -0.15) is 13.2 Å². The second-order valence-electron chi connectivity index (χ2n) is 5.08. The molecule has 0 amide bonds. The Labute approximate surface area is 135 Å². The average Bonchev–Trinajstić information content (AvgIpc) is 2.50. The van der Waals surface area contributed by atoms with E-state index in [2.05, 4.69) is 20.3 Å². The van der Waals surface area contributed by atoms with E-state index in [9.17, 15) is 13.2 Å². The minimum absolute atomic E-state index is 0.121. The lowest BCUT2D eigenvalue weighted by Gasteiger charge is -2.40. The molecule has 122 valence electrons. The van der Waals surface area contributed by atoms with E-state index in [4.69, 9.17) is 0 Å². The summed E-state index contributed by atoms with van der Waals surface area (Å²) in [6, 6.07) is 3.94. The molecule has 0 aromatic carbocycles. The zero-order valence-electron chi connectivity index (χ0n) is 12.2. The summed E-state index contributed by atoms with van der Waals surface area (Å²) in [6.45, 7) is 1.15. The normalized spacial score (nSPS) is 15.4. The molecule has 23 heavy (non-hydrogen) atoms. The first-order valence-electron chi connectivity index (χ1n) is 6.87. The molecule has 1 aliphatic heterocycles. The van der Waals surface area contributed by atoms with Crippen molar-refractivity contribution in [3.05, 3.63) is 36.2 Å². The number of hydrogen-bond acceptors (Lipinski definition) is 6. The van der Waals surface area contributed by atoms with Crippen LogP contribution in [0.3, 0.4) is 0 Å². The van der Waals surface area contributed by atoms with E-state index in [0.717, 1.165) is 12.1 Å². The van der Waals surface area contributed by atoms with Crippen molar-refractivity contribution >= 4 is 23.4 Å². The number of anilines is 2. The molecule has 1 aliphatic rings. The fourth-order valence-electron chi connectivity index (χ4n) is 2.25. The molecule has 9 heteroatoms. The van der Waals surface area contributed by atoms with E-state index in [1.165, 1.54) is 18.0 Å². The average molecular weight is 341 g/mol.